The molecule has 0 amide bonds. The van der Waals surface area contributed by atoms with E-state index in [0.717, 1.165) is 16.7 Å². The standard InChI is InChI=1S/C20H17FN4O2/c1-13-3-8-17(11-14(13)2)23-9-10-24-18(19(23)26)22-25(20(24)27)12-15-4-6-16(21)7-5-15/h3-11H,12H2,1-2H3. The van der Waals surface area contributed by atoms with Crippen molar-refractivity contribution in [2.75, 3.05) is 0 Å². The second kappa shape index (κ2) is 6.35. The molecule has 6 nitrogen and oxygen atoms in total. The van der Waals surface area contributed by atoms with E-state index in [-0.39, 0.29) is 23.6 Å². The predicted octanol–water partition coefficient (Wildman–Crippen LogP) is 2.45. The number of rotatable bonds is 3. The van der Waals surface area contributed by atoms with Crippen molar-refractivity contribution in [3.05, 3.63) is 98.2 Å². The topological polar surface area (TPSA) is 61.3 Å². The van der Waals surface area contributed by atoms with Gasteiger partial charge in [-0.2, -0.15) is 0 Å². The molecule has 0 spiro atoms. The smallest absolute Gasteiger partial charge is 0.280 e. The summed E-state index contributed by atoms with van der Waals surface area (Å²) < 4.78 is 16.9. The molecule has 0 unspecified atom stereocenters. The van der Waals surface area contributed by atoms with Crippen molar-refractivity contribution in [1.82, 2.24) is 18.7 Å². The average Bonchev–Trinajstić information content (AvgIpc) is 2.97. The molecule has 0 aliphatic heterocycles. The summed E-state index contributed by atoms with van der Waals surface area (Å²) in [5.74, 6) is -0.350. The van der Waals surface area contributed by atoms with Gasteiger partial charge in [0.1, 0.15) is 5.82 Å². The summed E-state index contributed by atoms with van der Waals surface area (Å²) in [5.41, 5.74) is 2.88. The molecule has 0 aliphatic carbocycles. The quantitative estimate of drug-likeness (QED) is 0.561. The molecule has 2 aromatic heterocycles. The fourth-order valence-electron chi connectivity index (χ4n) is 2.95. The Balaban J connectivity index is 1.81. The number of halogens is 1. The zero-order chi connectivity index (χ0) is 19.1. The third-order valence-electron chi connectivity index (χ3n) is 4.66. The van der Waals surface area contributed by atoms with Crippen LogP contribution in [0.5, 0.6) is 0 Å². The maximum Gasteiger partial charge on any atom is 0.350 e. The fourth-order valence-corrected chi connectivity index (χ4v) is 2.95. The number of aromatic nitrogens is 4. The molecule has 0 atom stereocenters. The molecule has 0 N–H and O–H groups in total. The van der Waals surface area contributed by atoms with Gasteiger partial charge in [-0.25, -0.2) is 18.3 Å². The fraction of sp³-hybridized carbons (Fsp3) is 0.150. The molecular weight excluding hydrogens is 347 g/mol. The van der Waals surface area contributed by atoms with Crippen molar-refractivity contribution < 1.29 is 4.39 Å². The van der Waals surface area contributed by atoms with Gasteiger partial charge in [-0.15, -0.1) is 5.10 Å². The first-order valence-electron chi connectivity index (χ1n) is 8.47. The van der Waals surface area contributed by atoms with Crippen LogP contribution in [0.25, 0.3) is 11.3 Å². The number of nitrogens with zero attached hydrogens (tertiary/aromatic N) is 4. The van der Waals surface area contributed by atoms with Crippen LogP contribution in [-0.4, -0.2) is 18.7 Å². The Kier molecular flexibility index (Phi) is 3.99. The second-order valence-corrected chi connectivity index (χ2v) is 6.50. The molecule has 2 heterocycles. The highest BCUT2D eigenvalue weighted by molar-refractivity contribution is 5.43. The Morgan fingerprint density at radius 3 is 2.41 bits per heavy atom. The molecule has 4 aromatic rings. The van der Waals surface area contributed by atoms with Crippen molar-refractivity contribution in [2.24, 2.45) is 0 Å². The summed E-state index contributed by atoms with van der Waals surface area (Å²) in [6.07, 6.45) is 3.09. The first-order valence-corrected chi connectivity index (χ1v) is 8.47. The number of benzene rings is 2. The van der Waals surface area contributed by atoms with Gasteiger partial charge >= 0.3 is 11.2 Å². The van der Waals surface area contributed by atoms with Crippen molar-refractivity contribution in [2.45, 2.75) is 20.4 Å². The highest BCUT2D eigenvalue weighted by atomic mass is 19.1. The van der Waals surface area contributed by atoms with Crippen molar-refractivity contribution in [1.29, 1.82) is 0 Å². The van der Waals surface area contributed by atoms with Crippen LogP contribution in [-0.2, 0) is 6.54 Å². The Bertz CT molecular complexity index is 1270. The van der Waals surface area contributed by atoms with E-state index in [9.17, 15) is 14.0 Å². The molecule has 0 bridgehead atoms. The molecular formula is C20H17FN4O2. The van der Waals surface area contributed by atoms with Crippen molar-refractivity contribution >= 4 is 5.65 Å². The SMILES string of the molecule is Cc1ccc(-n2ccn3c(=O)n(Cc4ccc(F)cc4)nc3c2=O)cc1C. The van der Waals surface area contributed by atoms with Crippen molar-refractivity contribution in [3.8, 4) is 5.69 Å². The summed E-state index contributed by atoms with van der Waals surface area (Å²) >= 11 is 0. The van der Waals surface area contributed by atoms with Crippen LogP contribution in [0.4, 0.5) is 4.39 Å². The highest BCUT2D eigenvalue weighted by Gasteiger charge is 2.13. The number of fused-ring (bicyclic) bond motifs is 1. The Morgan fingerprint density at radius 1 is 0.963 bits per heavy atom. The van der Waals surface area contributed by atoms with E-state index in [1.807, 2.05) is 32.0 Å². The lowest BCUT2D eigenvalue weighted by Gasteiger charge is -2.08. The normalized spacial score (nSPS) is 11.2. The maximum atomic E-state index is 13.1. The zero-order valence-corrected chi connectivity index (χ0v) is 14.9. The molecule has 2 aromatic carbocycles. The zero-order valence-electron chi connectivity index (χ0n) is 14.9. The summed E-state index contributed by atoms with van der Waals surface area (Å²) in [4.78, 5) is 25.4. The molecule has 136 valence electrons. The molecule has 0 saturated carbocycles. The van der Waals surface area contributed by atoms with Gasteiger partial charge in [0, 0.05) is 18.1 Å². The summed E-state index contributed by atoms with van der Waals surface area (Å²) in [5, 5.41) is 4.20. The van der Waals surface area contributed by atoms with E-state index in [4.69, 9.17) is 0 Å². The van der Waals surface area contributed by atoms with Gasteiger partial charge in [-0.1, -0.05) is 18.2 Å². The van der Waals surface area contributed by atoms with Gasteiger partial charge in [0.05, 0.1) is 6.54 Å². The monoisotopic (exact) mass is 364 g/mol. The maximum absolute atomic E-state index is 13.1. The van der Waals surface area contributed by atoms with E-state index in [2.05, 4.69) is 5.10 Å². The van der Waals surface area contributed by atoms with Crippen LogP contribution in [0.2, 0.25) is 0 Å². The number of aryl methyl sites for hydroxylation is 2. The van der Waals surface area contributed by atoms with Crippen LogP contribution >= 0.6 is 0 Å². The first-order chi connectivity index (χ1) is 12.9. The lowest BCUT2D eigenvalue weighted by Crippen LogP contribution is -2.24. The molecule has 4 rings (SSSR count). The summed E-state index contributed by atoms with van der Waals surface area (Å²) in [6, 6.07) is 11.5. The van der Waals surface area contributed by atoms with Gasteiger partial charge in [-0.05, 0) is 54.8 Å². The Labute approximate surface area is 153 Å². The first kappa shape index (κ1) is 17.0. The molecule has 0 radical (unpaired) electrons. The molecule has 0 saturated heterocycles. The predicted molar refractivity (Wildman–Crippen MR) is 100 cm³/mol. The molecule has 0 aliphatic rings. The van der Waals surface area contributed by atoms with Crippen LogP contribution in [0, 0.1) is 19.7 Å². The average molecular weight is 364 g/mol. The van der Waals surface area contributed by atoms with Crippen LogP contribution in [0.3, 0.4) is 0 Å². The van der Waals surface area contributed by atoms with E-state index >= 15 is 0 Å². The molecule has 0 fully saturated rings. The van der Waals surface area contributed by atoms with Crippen LogP contribution in [0.15, 0.2) is 64.4 Å². The van der Waals surface area contributed by atoms with Crippen molar-refractivity contribution in [3.63, 3.8) is 0 Å². The van der Waals surface area contributed by atoms with Gasteiger partial charge in [0.2, 0.25) is 5.65 Å². The minimum absolute atomic E-state index is 0.0443. The number of hydrogen-bond acceptors (Lipinski definition) is 3. The molecule has 7 heteroatoms. The lowest BCUT2D eigenvalue weighted by atomic mass is 10.1. The lowest BCUT2D eigenvalue weighted by molar-refractivity contribution is 0.622. The van der Waals surface area contributed by atoms with E-state index in [0.29, 0.717) is 5.69 Å². The van der Waals surface area contributed by atoms with Gasteiger partial charge in [0.25, 0.3) is 0 Å². The van der Waals surface area contributed by atoms with Crippen LogP contribution in [0.1, 0.15) is 16.7 Å². The summed E-state index contributed by atoms with van der Waals surface area (Å²) in [7, 11) is 0. The minimum atomic E-state index is -0.418. The van der Waals surface area contributed by atoms with Gasteiger partial charge in [-0.3, -0.25) is 9.36 Å². The van der Waals surface area contributed by atoms with Gasteiger partial charge < -0.3 is 0 Å². The third-order valence-corrected chi connectivity index (χ3v) is 4.66. The highest BCUT2D eigenvalue weighted by Crippen LogP contribution is 2.12. The summed E-state index contributed by atoms with van der Waals surface area (Å²) in [6.45, 7) is 4.13. The van der Waals surface area contributed by atoms with E-state index in [1.54, 1.807) is 18.3 Å². The van der Waals surface area contributed by atoms with Crippen LogP contribution < -0.4 is 11.2 Å². The minimum Gasteiger partial charge on any atom is -0.280 e. The molecule has 27 heavy (non-hydrogen) atoms. The second-order valence-electron chi connectivity index (χ2n) is 6.50. The Morgan fingerprint density at radius 2 is 1.70 bits per heavy atom. The third kappa shape index (κ3) is 2.97. The number of hydrogen-bond donors (Lipinski definition) is 0. The Hall–Kier alpha value is -3.48. The van der Waals surface area contributed by atoms with E-state index in [1.165, 1.54) is 32.0 Å². The largest absolute Gasteiger partial charge is 0.350 e. The van der Waals surface area contributed by atoms with Gasteiger partial charge in [0.15, 0.2) is 0 Å². The van der Waals surface area contributed by atoms with E-state index < -0.39 is 5.69 Å².